The second-order valence-corrected chi connectivity index (χ2v) is 5.52. The van der Waals surface area contributed by atoms with Crippen molar-refractivity contribution < 1.29 is 9.53 Å². The van der Waals surface area contributed by atoms with Gasteiger partial charge in [-0.15, -0.1) is 0 Å². The lowest BCUT2D eigenvalue weighted by molar-refractivity contribution is -0.121. The number of aryl methyl sites for hydroxylation is 1. The Kier molecular flexibility index (Phi) is 3.80. The second kappa shape index (κ2) is 5.74. The number of benzene rings is 1. The molecule has 2 heterocycles. The summed E-state index contributed by atoms with van der Waals surface area (Å²) < 4.78 is 5.64. The molecule has 1 aromatic heterocycles. The lowest BCUT2D eigenvalue weighted by Gasteiger charge is -2.24. The molecular formula is C16H15ClN2O2. The topological polar surface area (TPSA) is 51.2 Å². The van der Waals surface area contributed by atoms with Crippen LogP contribution in [0.4, 0.5) is 5.69 Å². The van der Waals surface area contributed by atoms with Crippen molar-refractivity contribution >= 4 is 23.2 Å². The number of rotatable bonds is 2. The third-order valence-corrected chi connectivity index (χ3v) is 3.78. The number of amides is 1. The van der Waals surface area contributed by atoms with Crippen LogP contribution in [0.2, 0.25) is 5.15 Å². The number of aromatic nitrogens is 1. The predicted molar refractivity (Wildman–Crippen MR) is 81.7 cm³/mol. The minimum atomic E-state index is -0.225. The van der Waals surface area contributed by atoms with Gasteiger partial charge in [0, 0.05) is 6.20 Å². The van der Waals surface area contributed by atoms with Crippen LogP contribution in [0.25, 0.3) is 0 Å². The molecule has 5 heteroatoms. The number of ether oxygens (including phenoxy) is 1. The molecule has 2 aromatic rings. The molecule has 1 N–H and O–H groups in total. The van der Waals surface area contributed by atoms with Gasteiger partial charge in [-0.3, -0.25) is 4.79 Å². The molecule has 0 saturated heterocycles. The fraction of sp³-hybridized carbons (Fsp3) is 0.250. The zero-order valence-corrected chi connectivity index (χ0v) is 12.4. The number of carbonyl (C=O) groups excluding carboxylic acids is 1. The van der Waals surface area contributed by atoms with E-state index in [1.807, 2.05) is 37.3 Å². The Hall–Kier alpha value is -2.07. The van der Waals surface area contributed by atoms with E-state index in [0.717, 1.165) is 16.9 Å². The zero-order chi connectivity index (χ0) is 14.8. The number of pyridine rings is 1. The lowest BCUT2D eigenvalue weighted by atomic mass is 9.96. The normalized spacial score (nSPS) is 16.8. The molecule has 1 aliphatic heterocycles. The van der Waals surface area contributed by atoms with Gasteiger partial charge in [0.1, 0.15) is 12.4 Å². The van der Waals surface area contributed by atoms with Gasteiger partial charge in [0.15, 0.2) is 5.15 Å². The van der Waals surface area contributed by atoms with Crippen molar-refractivity contribution in [2.75, 3.05) is 11.9 Å². The number of hydrogen-bond acceptors (Lipinski definition) is 3. The third kappa shape index (κ3) is 3.00. The van der Waals surface area contributed by atoms with Gasteiger partial charge in [-0.1, -0.05) is 29.8 Å². The summed E-state index contributed by atoms with van der Waals surface area (Å²) in [6, 6.07) is 9.59. The number of halogens is 1. The minimum absolute atomic E-state index is 0.0983. The van der Waals surface area contributed by atoms with Crippen LogP contribution in [0.3, 0.4) is 0 Å². The molecule has 21 heavy (non-hydrogen) atoms. The molecule has 1 amide bonds. The zero-order valence-electron chi connectivity index (χ0n) is 11.6. The van der Waals surface area contributed by atoms with E-state index in [1.54, 1.807) is 6.20 Å². The van der Waals surface area contributed by atoms with Crippen LogP contribution in [0.15, 0.2) is 36.5 Å². The summed E-state index contributed by atoms with van der Waals surface area (Å²) in [4.78, 5) is 16.4. The first-order chi connectivity index (χ1) is 10.1. The molecule has 0 fully saturated rings. The SMILES string of the molecule is Cc1cnc(Cl)c(NC(=O)C2COc3ccccc3C2)c1. The summed E-state index contributed by atoms with van der Waals surface area (Å²) in [7, 11) is 0. The molecular weight excluding hydrogens is 288 g/mol. The molecule has 0 spiro atoms. The van der Waals surface area contributed by atoms with Crippen molar-refractivity contribution in [1.29, 1.82) is 0 Å². The summed E-state index contributed by atoms with van der Waals surface area (Å²) in [5.74, 6) is 0.534. The van der Waals surface area contributed by atoms with Gasteiger partial charge in [0.25, 0.3) is 0 Å². The summed E-state index contributed by atoms with van der Waals surface area (Å²) in [6.07, 6.45) is 2.33. The Labute approximate surface area is 128 Å². The molecule has 0 aliphatic carbocycles. The number of fused-ring (bicyclic) bond motifs is 1. The fourth-order valence-corrected chi connectivity index (χ4v) is 2.52. The standard InChI is InChI=1S/C16H15ClN2O2/c1-10-6-13(15(17)18-8-10)19-16(20)12-7-11-4-2-3-5-14(11)21-9-12/h2-6,8,12H,7,9H2,1H3,(H,19,20). The van der Waals surface area contributed by atoms with Crippen LogP contribution in [-0.2, 0) is 11.2 Å². The molecule has 0 radical (unpaired) electrons. The van der Waals surface area contributed by atoms with Crippen LogP contribution >= 0.6 is 11.6 Å². The summed E-state index contributed by atoms with van der Waals surface area (Å²) in [6.45, 7) is 2.28. The molecule has 0 bridgehead atoms. The van der Waals surface area contributed by atoms with Gasteiger partial charge in [-0.2, -0.15) is 0 Å². The number of anilines is 1. The first kappa shape index (κ1) is 13.9. The van der Waals surface area contributed by atoms with Crippen molar-refractivity contribution in [2.24, 2.45) is 5.92 Å². The number of para-hydroxylation sites is 1. The van der Waals surface area contributed by atoms with Crippen molar-refractivity contribution in [2.45, 2.75) is 13.3 Å². The summed E-state index contributed by atoms with van der Waals surface area (Å²) in [5, 5.41) is 3.14. The van der Waals surface area contributed by atoms with Gasteiger partial charge in [0.05, 0.1) is 11.6 Å². The first-order valence-corrected chi connectivity index (χ1v) is 7.15. The number of carbonyl (C=O) groups is 1. The largest absolute Gasteiger partial charge is 0.492 e. The second-order valence-electron chi connectivity index (χ2n) is 5.16. The van der Waals surface area contributed by atoms with Crippen LogP contribution in [0.5, 0.6) is 5.75 Å². The number of nitrogens with zero attached hydrogens (tertiary/aromatic N) is 1. The first-order valence-electron chi connectivity index (χ1n) is 6.77. The molecule has 1 unspecified atom stereocenters. The summed E-state index contributed by atoms with van der Waals surface area (Å²) in [5.41, 5.74) is 2.54. The van der Waals surface area contributed by atoms with Crippen molar-refractivity contribution in [3.8, 4) is 5.75 Å². The molecule has 1 atom stereocenters. The molecule has 3 rings (SSSR count). The quantitative estimate of drug-likeness (QED) is 0.867. The monoisotopic (exact) mass is 302 g/mol. The predicted octanol–water partition coefficient (Wildman–Crippen LogP) is 3.23. The van der Waals surface area contributed by atoms with Gasteiger partial charge in [-0.25, -0.2) is 4.98 Å². The lowest BCUT2D eigenvalue weighted by Crippen LogP contribution is -2.32. The maximum atomic E-state index is 12.4. The average molecular weight is 303 g/mol. The Morgan fingerprint density at radius 2 is 2.24 bits per heavy atom. The highest BCUT2D eigenvalue weighted by molar-refractivity contribution is 6.32. The fourth-order valence-electron chi connectivity index (χ4n) is 2.37. The highest BCUT2D eigenvalue weighted by Crippen LogP contribution is 2.28. The van der Waals surface area contributed by atoms with E-state index in [9.17, 15) is 4.79 Å². The van der Waals surface area contributed by atoms with E-state index in [1.165, 1.54) is 0 Å². The van der Waals surface area contributed by atoms with Crippen LogP contribution in [0, 0.1) is 12.8 Å². The van der Waals surface area contributed by atoms with Crippen molar-refractivity contribution in [3.05, 3.63) is 52.8 Å². The van der Waals surface area contributed by atoms with E-state index in [4.69, 9.17) is 16.3 Å². The molecule has 0 saturated carbocycles. The van der Waals surface area contributed by atoms with Crippen LogP contribution in [0.1, 0.15) is 11.1 Å². The number of nitrogens with one attached hydrogen (secondary N) is 1. The van der Waals surface area contributed by atoms with Gasteiger partial charge >= 0.3 is 0 Å². The Bertz CT molecular complexity index is 688. The summed E-state index contributed by atoms with van der Waals surface area (Å²) >= 11 is 6.00. The smallest absolute Gasteiger partial charge is 0.231 e. The van der Waals surface area contributed by atoms with Gasteiger partial charge in [-0.05, 0) is 36.6 Å². The van der Waals surface area contributed by atoms with E-state index in [2.05, 4.69) is 10.3 Å². The maximum absolute atomic E-state index is 12.4. The Balaban J connectivity index is 1.74. The van der Waals surface area contributed by atoms with E-state index in [-0.39, 0.29) is 11.8 Å². The van der Waals surface area contributed by atoms with Gasteiger partial charge in [0.2, 0.25) is 5.91 Å². The van der Waals surface area contributed by atoms with E-state index < -0.39 is 0 Å². The highest BCUT2D eigenvalue weighted by Gasteiger charge is 2.26. The average Bonchev–Trinajstić information content (AvgIpc) is 2.50. The van der Waals surface area contributed by atoms with Crippen LogP contribution in [-0.4, -0.2) is 17.5 Å². The molecule has 4 nitrogen and oxygen atoms in total. The maximum Gasteiger partial charge on any atom is 0.231 e. The highest BCUT2D eigenvalue weighted by atomic mass is 35.5. The van der Waals surface area contributed by atoms with Crippen LogP contribution < -0.4 is 10.1 Å². The number of hydrogen-bond donors (Lipinski definition) is 1. The van der Waals surface area contributed by atoms with Gasteiger partial charge < -0.3 is 10.1 Å². The Morgan fingerprint density at radius 1 is 1.43 bits per heavy atom. The Morgan fingerprint density at radius 3 is 3.10 bits per heavy atom. The third-order valence-electron chi connectivity index (χ3n) is 3.48. The van der Waals surface area contributed by atoms with Crippen molar-refractivity contribution in [3.63, 3.8) is 0 Å². The molecule has 1 aromatic carbocycles. The van der Waals surface area contributed by atoms with E-state index in [0.29, 0.717) is 23.9 Å². The van der Waals surface area contributed by atoms with Crippen molar-refractivity contribution in [1.82, 2.24) is 4.98 Å². The molecule has 108 valence electrons. The molecule has 1 aliphatic rings. The van der Waals surface area contributed by atoms with E-state index >= 15 is 0 Å². The minimum Gasteiger partial charge on any atom is -0.492 e.